The standard InChI is InChI=1S/C24H26ClN5O2/c1-3-18-6-4-5-7-21(18)28-24(31)30-12-10-29(11-13-30)22-15-23(27-16-26-22)32-19-8-9-20(25)17(2)14-19/h4-9,14-16H,3,10-13H2,1-2H3,(H,28,31). The molecule has 1 N–H and O–H groups in total. The van der Waals surface area contributed by atoms with Crippen LogP contribution in [0.25, 0.3) is 0 Å². The Kier molecular flexibility index (Phi) is 6.75. The second-order valence-corrected chi connectivity index (χ2v) is 8.05. The maximum absolute atomic E-state index is 12.7. The predicted octanol–water partition coefficient (Wildman–Crippen LogP) is 5.15. The molecule has 1 fully saturated rings. The highest BCUT2D eigenvalue weighted by molar-refractivity contribution is 6.31. The molecular formula is C24H26ClN5O2. The van der Waals surface area contributed by atoms with Crippen molar-refractivity contribution in [3.05, 3.63) is 71.0 Å². The van der Waals surface area contributed by atoms with Crippen molar-refractivity contribution in [3.63, 3.8) is 0 Å². The van der Waals surface area contributed by atoms with E-state index in [4.69, 9.17) is 16.3 Å². The molecule has 7 nitrogen and oxygen atoms in total. The van der Waals surface area contributed by atoms with Crippen LogP contribution in [-0.4, -0.2) is 47.1 Å². The van der Waals surface area contributed by atoms with Crippen molar-refractivity contribution in [2.24, 2.45) is 0 Å². The first kappa shape index (κ1) is 21.9. The lowest BCUT2D eigenvalue weighted by Gasteiger charge is -2.35. The van der Waals surface area contributed by atoms with Crippen LogP contribution in [0.3, 0.4) is 0 Å². The average Bonchev–Trinajstić information content (AvgIpc) is 2.82. The number of benzene rings is 2. The van der Waals surface area contributed by atoms with E-state index in [0.717, 1.165) is 29.1 Å². The number of amides is 2. The van der Waals surface area contributed by atoms with Crippen molar-refractivity contribution in [1.82, 2.24) is 14.9 Å². The summed E-state index contributed by atoms with van der Waals surface area (Å²) in [6.07, 6.45) is 2.37. The van der Waals surface area contributed by atoms with Crippen molar-refractivity contribution in [3.8, 4) is 11.6 Å². The Morgan fingerprint density at radius 2 is 1.88 bits per heavy atom. The number of hydrogen-bond donors (Lipinski definition) is 1. The fourth-order valence-corrected chi connectivity index (χ4v) is 3.76. The molecule has 0 spiro atoms. The summed E-state index contributed by atoms with van der Waals surface area (Å²) in [5.74, 6) is 1.91. The maximum atomic E-state index is 12.7. The number of aromatic nitrogens is 2. The van der Waals surface area contributed by atoms with Crippen LogP contribution in [0, 0.1) is 6.92 Å². The van der Waals surface area contributed by atoms with Gasteiger partial charge in [0, 0.05) is 43.0 Å². The van der Waals surface area contributed by atoms with Crippen LogP contribution >= 0.6 is 11.6 Å². The van der Waals surface area contributed by atoms with Gasteiger partial charge in [-0.1, -0.05) is 36.7 Å². The Labute approximate surface area is 193 Å². The van der Waals surface area contributed by atoms with Crippen LogP contribution in [0.5, 0.6) is 11.6 Å². The molecule has 0 aliphatic carbocycles. The minimum Gasteiger partial charge on any atom is -0.439 e. The summed E-state index contributed by atoms with van der Waals surface area (Å²) < 4.78 is 5.88. The summed E-state index contributed by atoms with van der Waals surface area (Å²) in [6.45, 7) is 6.58. The topological polar surface area (TPSA) is 70.6 Å². The van der Waals surface area contributed by atoms with Gasteiger partial charge >= 0.3 is 6.03 Å². The summed E-state index contributed by atoms with van der Waals surface area (Å²) in [4.78, 5) is 25.3. The Morgan fingerprint density at radius 1 is 1.09 bits per heavy atom. The molecule has 32 heavy (non-hydrogen) atoms. The third-order valence-electron chi connectivity index (χ3n) is 5.51. The van der Waals surface area contributed by atoms with E-state index in [9.17, 15) is 4.79 Å². The Hall–Kier alpha value is -3.32. The van der Waals surface area contributed by atoms with E-state index in [1.807, 2.05) is 54.3 Å². The van der Waals surface area contributed by atoms with E-state index < -0.39 is 0 Å². The molecule has 0 atom stereocenters. The zero-order valence-corrected chi connectivity index (χ0v) is 19.0. The summed E-state index contributed by atoms with van der Waals surface area (Å²) in [5, 5.41) is 3.74. The van der Waals surface area contributed by atoms with Crippen molar-refractivity contribution in [2.75, 3.05) is 36.4 Å². The second-order valence-electron chi connectivity index (χ2n) is 7.64. The maximum Gasteiger partial charge on any atom is 0.321 e. The molecule has 2 aromatic carbocycles. The molecule has 8 heteroatoms. The van der Waals surface area contributed by atoms with E-state index in [0.29, 0.717) is 42.8 Å². The molecule has 4 rings (SSSR count). The first-order valence-electron chi connectivity index (χ1n) is 10.7. The van der Waals surface area contributed by atoms with Crippen molar-refractivity contribution in [1.29, 1.82) is 0 Å². The van der Waals surface area contributed by atoms with Gasteiger partial charge in [-0.2, -0.15) is 0 Å². The van der Waals surface area contributed by atoms with Gasteiger partial charge in [0.25, 0.3) is 0 Å². The number of ether oxygens (including phenoxy) is 1. The molecule has 166 valence electrons. The van der Waals surface area contributed by atoms with Crippen molar-refractivity contribution in [2.45, 2.75) is 20.3 Å². The molecule has 2 heterocycles. The van der Waals surface area contributed by atoms with E-state index in [1.165, 1.54) is 6.33 Å². The molecular weight excluding hydrogens is 426 g/mol. The van der Waals surface area contributed by atoms with Gasteiger partial charge in [-0.25, -0.2) is 14.8 Å². The van der Waals surface area contributed by atoms with Gasteiger partial charge in [-0.05, 0) is 48.7 Å². The van der Waals surface area contributed by atoms with Crippen LogP contribution in [0.15, 0.2) is 54.9 Å². The number of nitrogens with one attached hydrogen (secondary N) is 1. The number of halogens is 1. The highest BCUT2D eigenvalue weighted by atomic mass is 35.5. The second kappa shape index (κ2) is 9.87. The molecule has 2 amide bonds. The molecule has 0 radical (unpaired) electrons. The molecule has 0 unspecified atom stereocenters. The van der Waals surface area contributed by atoms with Gasteiger partial charge in [0.15, 0.2) is 0 Å². The van der Waals surface area contributed by atoms with E-state index in [1.54, 1.807) is 6.07 Å². The number of nitrogens with zero attached hydrogens (tertiary/aromatic N) is 4. The van der Waals surface area contributed by atoms with Crippen molar-refractivity contribution < 1.29 is 9.53 Å². The van der Waals surface area contributed by atoms with Gasteiger partial charge in [0.1, 0.15) is 17.9 Å². The molecule has 0 saturated carbocycles. The number of piperazine rings is 1. The fourth-order valence-electron chi connectivity index (χ4n) is 3.64. The first-order valence-corrected chi connectivity index (χ1v) is 11.1. The predicted molar refractivity (Wildman–Crippen MR) is 127 cm³/mol. The monoisotopic (exact) mass is 451 g/mol. The van der Waals surface area contributed by atoms with E-state index in [2.05, 4.69) is 27.1 Å². The molecule has 0 bridgehead atoms. The van der Waals surface area contributed by atoms with Gasteiger partial charge in [0.05, 0.1) is 0 Å². The summed E-state index contributed by atoms with van der Waals surface area (Å²) in [5.41, 5.74) is 2.94. The number of anilines is 2. The van der Waals surface area contributed by atoms with E-state index >= 15 is 0 Å². The molecule has 1 aliphatic heterocycles. The quantitative estimate of drug-likeness (QED) is 0.581. The lowest BCUT2D eigenvalue weighted by atomic mass is 10.1. The lowest BCUT2D eigenvalue weighted by Crippen LogP contribution is -2.50. The summed E-state index contributed by atoms with van der Waals surface area (Å²) in [7, 11) is 0. The Balaban J connectivity index is 1.36. The number of hydrogen-bond acceptors (Lipinski definition) is 5. The Bertz CT molecular complexity index is 1100. The minimum atomic E-state index is -0.0737. The van der Waals surface area contributed by atoms with Crippen LogP contribution < -0.4 is 15.0 Å². The fraction of sp³-hybridized carbons (Fsp3) is 0.292. The van der Waals surface area contributed by atoms with E-state index in [-0.39, 0.29) is 6.03 Å². The number of aryl methyl sites for hydroxylation is 2. The molecule has 1 saturated heterocycles. The minimum absolute atomic E-state index is 0.0737. The molecule has 1 aliphatic rings. The number of carbonyl (C=O) groups excluding carboxylic acids is 1. The van der Waals surface area contributed by atoms with Gasteiger partial charge in [-0.15, -0.1) is 0 Å². The number of para-hydroxylation sites is 1. The summed E-state index contributed by atoms with van der Waals surface area (Å²) >= 11 is 6.08. The first-order chi connectivity index (χ1) is 15.5. The SMILES string of the molecule is CCc1ccccc1NC(=O)N1CCN(c2cc(Oc3ccc(Cl)c(C)c3)ncn2)CC1. The number of carbonyl (C=O) groups is 1. The van der Waals surface area contributed by atoms with Gasteiger partial charge < -0.3 is 19.9 Å². The highest BCUT2D eigenvalue weighted by Crippen LogP contribution is 2.26. The van der Waals surface area contributed by atoms with Crippen LogP contribution in [0.2, 0.25) is 5.02 Å². The number of rotatable bonds is 5. The van der Waals surface area contributed by atoms with Gasteiger partial charge in [0.2, 0.25) is 5.88 Å². The zero-order chi connectivity index (χ0) is 22.5. The molecule has 1 aromatic heterocycles. The van der Waals surface area contributed by atoms with Gasteiger partial charge in [-0.3, -0.25) is 0 Å². The van der Waals surface area contributed by atoms with Crippen LogP contribution in [0.4, 0.5) is 16.3 Å². The van der Waals surface area contributed by atoms with Crippen molar-refractivity contribution >= 4 is 29.1 Å². The highest BCUT2D eigenvalue weighted by Gasteiger charge is 2.23. The third-order valence-corrected chi connectivity index (χ3v) is 5.93. The largest absolute Gasteiger partial charge is 0.439 e. The van der Waals surface area contributed by atoms with Crippen LogP contribution in [-0.2, 0) is 6.42 Å². The molecule has 3 aromatic rings. The summed E-state index contributed by atoms with van der Waals surface area (Å²) in [6, 6.07) is 15.1. The third kappa shape index (κ3) is 5.11. The smallest absolute Gasteiger partial charge is 0.321 e. The average molecular weight is 452 g/mol. The number of urea groups is 1. The van der Waals surface area contributed by atoms with Crippen LogP contribution in [0.1, 0.15) is 18.1 Å². The Morgan fingerprint density at radius 3 is 2.62 bits per heavy atom. The zero-order valence-electron chi connectivity index (χ0n) is 18.2. The lowest BCUT2D eigenvalue weighted by molar-refractivity contribution is 0.208. The normalized spacial score (nSPS) is 13.7.